The van der Waals surface area contributed by atoms with Crippen molar-refractivity contribution in [2.45, 2.75) is 50.6 Å². The fraction of sp³-hybridized carbons (Fsp3) is 0.650. The van der Waals surface area contributed by atoms with Crippen molar-refractivity contribution >= 4 is 18.2 Å². The van der Waals surface area contributed by atoms with Gasteiger partial charge in [0.1, 0.15) is 24.6 Å². The maximum atomic E-state index is 12.4. The SMILES string of the molecule is C=C1C(=O)O[C@H]2[C@H]1[C@@H](OC(=O)C(=C)[C@@H](O)CO)C[C@]1(C)[C@H]2[C@@H](C=O)CC[C@H]1O. The number of fused-ring (bicyclic) bond motifs is 3. The lowest BCUT2D eigenvalue weighted by Gasteiger charge is -2.55. The second kappa shape index (κ2) is 7.42. The van der Waals surface area contributed by atoms with Gasteiger partial charge in [0.15, 0.2) is 0 Å². The van der Waals surface area contributed by atoms with Crippen molar-refractivity contribution in [3.05, 3.63) is 24.3 Å². The molecule has 0 spiro atoms. The molecule has 8 heteroatoms. The van der Waals surface area contributed by atoms with Crippen LogP contribution in [0.3, 0.4) is 0 Å². The third-order valence-corrected chi connectivity index (χ3v) is 6.69. The van der Waals surface area contributed by atoms with Crippen molar-refractivity contribution in [3.63, 3.8) is 0 Å². The normalized spacial score (nSPS) is 40.7. The summed E-state index contributed by atoms with van der Waals surface area (Å²) in [5.74, 6) is -2.97. The van der Waals surface area contributed by atoms with Gasteiger partial charge in [0, 0.05) is 22.8 Å². The quantitative estimate of drug-likeness (QED) is 0.335. The van der Waals surface area contributed by atoms with Crippen molar-refractivity contribution < 1.29 is 39.2 Å². The van der Waals surface area contributed by atoms with Gasteiger partial charge >= 0.3 is 11.9 Å². The molecular weight excluding hydrogens is 368 g/mol. The fourth-order valence-electron chi connectivity index (χ4n) is 5.09. The minimum atomic E-state index is -1.46. The molecular formula is C20H26O8. The van der Waals surface area contributed by atoms with Gasteiger partial charge in [-0.15, -0.1) is 0 Å². The molecule has 1 aliphatic heterocycles. The fourth-order valence-corrected chi connectivity index (χ4v) is 5.09. The average molecular weight is 394 g/mol. The summed E-state index contributed by atoms with van der Waals surface area (Å²) in [7, 11) is 0. The zero-order chi connectivity index (χ0) is 20.8. The Balaban J connectivity index is 1.95. The number of hydrogen-bond donors (Lipinski definition) is 3. The van der Waals surface area contributed by atoms with Crippen LogP contribution < -0.4 is 0 Å². The molecule has 3 aliphatic rings. The summed E-state index contributed by atoms with van der Waals surface area (Å²) in [5, 5.41) is 29.3. The molecule has 3 N–H and O–H groups in total. The zero-order valence-electron chi connectivity index (χ0n) is 15.7. The first kappa shape index (κ1) is 20.7. The molecule has 2 aliphatic carbocycles. The van der Waals surface area contributed by atoms with E-state index in [4.69, 9.17) is 14.6 Å². The number of aldehydes is 1. The highest BCUT2D eigenvalue weighted by Gasteiger charge is 2.63. The van der Waals surface area contributed by atoms with Gasteiger partial charge in [-0.25, -0.2) is 9.59 Å². The number of ether oxygens (including phenoxy) is 2. The maximum Gasteiger partial charge on any atom is 0.336 e. The zero-order valence-corrected chi connectivity index (χ0v) is 15.7. The van der Waals surface area contributed by atoms with Crippen molar-refractivity contribution in [1.29, 1.82) is 0 Å². The molecule has 0 bridgehead atoms. The first-order valence-corrected chi connectivity index (χ1v) is 9.37. The van der Waals surface area contributed by atoms with Gasteiger partial charge in [-0.2, -0.15) is 0 Å². The van der Waals surface area contributed by atoms with E-state index in [9.17, 15) is 24.6 Å². The maximum absolute atomic E-state index is 12.4. The molecule has 0 aromatic rings. The lowest BCUT2D eigenvalue weighted by molar-refractivity contribution is -0.195. The minimum Gasteiger partial charge on any atom is -0.458 e. The van der Waals surface area contributed by atoms with Crippen LogP contribution in [0.4, 0.5) is 0 Å². The molecule has 1 saturated heterocycles. The molecule has 0 aromatic carbocycles. The van der Waals surface area contributed by atoms with E-state index in [0.29, 0.717) is 12.8 Å². The van der Waals surface area contributed by atoms with Crippen molar-refractivity contribution in [2.75, 3.05) is 6.61 Å². The summed E-state index contributed by atoms with van der Waals surface area (Å²) < 4.78 is 11.1. The molecule has 0 unspecified atom stereocenters. The van der Waals surface area contributed by atoms with Gasteiger partial charge < -0.3 is 29.6 Å². The number of carbonyl (C=O) groups excluding carboxylic acids is 3. The van der Waals surface area contributed by atoms with E-state index >= 15 is 0 Å². The van der Waals surface area contributed by atoms with Crippen LogP contribution in [0.15, 0.2) is 24.3 Å². The molecule has 1 heterocycles. The molecule has 2 saturated carbocycles. The summed E-state index contributed by atoms with van der Waals surface area (Å²) in [6, 6.07) is 0. The van der Waals surface area contributed by atoms with Crippen LogP contribution in [0, 0.1) is 23.2 Å². The molecule has 3 rings (SSSR count). The summed E-state index contributed by atoms with van der Waals surface area (Å²) in [6.45, 7) is 8.35. The summed E-state index contributed by atoms with van der Waals surface area (Å²) in [4.78, 5) is 36.3. The molecule has 154 valence electrons. The lowest BCUT2D eigenvalue weighted by atomic mass is 9.51. The highest BCUT2D eigenvalue weighted by molar-refractivity contribution is 5.92. The van der Waals surface area contributed by atoms with E-state index in [2.05, 4.69) is 13.2 Å². The Kier molecular flexibility index (Phi) is 5.49. The molecule has 0 aromatic heterocycles. The molecule has 8 atom stereocenters. The van der Waals surface area contributed by atoms with Gasteiger partial charge in [-0.05, 0) is 19.3 Å². The summed E-state index contributed by atoms with van der Waals surface area (Å²) in [6.07, 6.45) is -1.85. The predicted octanol–water partition coefficient (Wildman–Crippen LogP) is -0.0986. The Hall–Kier alpha value is -2.03. The van der Waals surface area contributed by atoms with Crippen LogP contribution in [0.1, 0.15) is 26.2 Å². The molecule has 0 amide bonds. The first-order valence-electron chi connectivity index (χ1n) is 9.37. The summed E-state index contributed by atoms with van der Waals surface area (Å²) in [5.41, 5.74) is -0.961. The van der Waals surface area contributed by atoms with Crippen molar-refractivity contribution in [1.82, 2.24) is 0 Å². The topological polar surface area (TPSA) is 130 Å². The Bertz CT molecular complexity index is 715. The summed E-state index contributed by atoms with van der Waals surface area (Å²) >= 11 is 0. The largest absolute Gasteiger partial charge is 0.458 e. The van der Waals surface area contributed by atoms with E-state index in [1.165, 1.54) is 0 Å². The average Bonchev–Trinajstić information content (AvgIpc) is 2.96. The minimum absolute atomic E-state index is 0.155. The first-order chi connectivity index (χ1) is 13.2. The van der Waals surface area contributed by atoms with E-state index in [1.807, 2.05) is 0 Å². The molecule has 8 nitrogen and oxygen atoms in total. The number of rotatable bonds is 5. The van der Waals surface area contributed by atoms with Gasteiger partial charge in [0.2, 0.25) is 0 Å². The Labute approximate surface area is 162 Å². The van der Waals surface area contributed by atoms with E-state index in [1.54, 1.807) is 6.92 Å². The number of carbonyl (C=O) groups is 3. The van der Waals surface area contributed by atoms with Crippen LogP contribution in [-0.2, 0) is 23.9 Å². The number of aliphatic hydroxyl groups excluding tert-OH is 3. The molecule has 28 heavy (non-hydrogen) atoms. The van der Waals surface area contributed by atoms with Crippen LogP contribution in [0.5, 0.6) is 0 Å². The van der Waals surface area contributed by atoms with E-state index in [0.717, 1.165) is 6.29 Å². The van der Waals surface area contributed by atoms with Crippen LogP contribution in [0.2, 0.25) is 0 Å². The Morgan fingerprint density at radius 1 is 1.46 bits per heavy atom. The highest BCUT2D eigenvalue weighted by Crippen LogP contribution is 2.58. The Morgan fingerprint density at radius 3 is 2.75 bits per heavy atom. The van der Waals surface area contributed by atoms with E-state index < -0.39 is 60.2 Å². The van der Waals surface area contributed by atoms with Gasteiger partial charge in [-0.3, -0.25) is 0 Å². The molecule has 3 fully saturated rings. The second-order valence-corrected chi connectivity index (χ2v) is 8.22. The molecule has 0 radical (unpaired) electrons. The smallest absolute Gasteiger partial charge is 0.336 e. The number of hydrogen-bond acceptors (Lipinski definition) is 8. The van der Waals surface area contributed by atoms with Gasteiger partial charge in [0.25, 0.3) is 0 Å². The number of esters is 2. The van der Waals surface area contributed by atoms with Crippen LogP contribution >= 0.6 is 0 Å². The van der Waals surface area contributed by atoms with Crippen LogP contribution in [0.25, 0.3) is 0 Å². The second-order valence-electron chi connectivity index (χ2n) is 8.22. The lowest BCUT2D eigenvalue weighted by Crippen LogP contribution is -2.60. The van der Waals surface area contributed by atoms with Gasteiger partial charge in [-0.1, -0.05) is 20.1 Å². The standard InChI is InChI=1S/C20H26O8/c1-9(12(23)8-22)18(25)27-13-6-20(3)14(24)5-4-11(7-21)16(20)17-15(13)10(2)19(26)28-17/h7,11-17,22-24H,1-2,4-6,8H2,3H3/t11-,12+,13+,14-,15-,16+,17+,20+/m1/s1. The third kappa shape index (κ3) is 3.09. The van der Waals surface area contributed by atoms with Gasteiger partial charge in [0.05, 0.1) is 24.2 Å². The highest BCUT2D eigenvalue weighted by atomic mass is 16.6. The van der Waals surface area contributed by atoms with Crippen molar-refractivity contribution in [3.8, 4) is 0 Å². The monoisotopic (exact) mass is 394 g/mol. The Morgan fingerprint density at radius 2 is 2.14 bits per heavy atom. The van der Waals surface area contributed by atoms with E-state index in [-0.39, 0.29) is 23.5 Å². The van der Waals surface area contributed by atoms with Crippen molar-refractivity contribution in [2.24, 2.45) is 23.2 Å². The third-order valence-electron chi connectivity index (χ3n) is 6.69. The number of aliphatic hydroxyl groups is 3. The van der Waals surface area contributed by atoms with Crippen LogP contribution in [-0.4, -0.2) is 64.6 Å². The predicted molar refractivity (Wildman–Crippen MR) is 95.6 cm³/mol.